The number of nitrogens with one attached hydrogen (secondary N) is 1. The highest BCUT2D eigenvalue weighted by atomic mass is 32.2. The van der Waals surface area contributed by atoms with E-state index in [1.54, 1.807) is 35.1 Å². The maximum Gasteiger partial charge on any atom is 0.267 e. The fourth-order valence-corrected chi connectivity index (χ4v) is 5.83. The number of thioether (sulfide) groups is 1. The van der Waals surface area contributed by atoms with Crippen molar-refractivity contribution < 1.29 is 9.53 Å². The van der Waals surface area contributed by atoms with Crippen LogP contribution in [0.4, 0.5) is 0 Å². The summed E-state index contributed by atoms with van der Waals surface area (Å²) in [6.45, 7) is 0.311. The first-order valence-electron chi connectivity index (χ1n) is 10.1. The third kappa shape index (κ3) is 4.45. The molecule has 0 saturated carbocycles. The van der Waals surface area contributed by atoms with Crippen LogP contribution in [0, 0.1) is 11.3 Å². The van der Waals surface area contributed by atoms with E-state index in [9.17, 15) is 9.59 Å². The number of carbonyl (C=O) groups excluding carboxylic acids is 1. The molecule has 0 spiro atoms. The zero-order chi connectivity index (χ0) is 21.8. The summed E-state index contributed by atoms with van der Waals surface area (Å²) >= 11 is 2.82. The third-order valence-electron chi connectivity index (χ3n) is 5.18. The summed E-state index contributed by atoms with van der Waals surface area (Å²) in [5.74, 6) is 0.621. The number of rotatable bonds is 7. The number of nitrogens with zero attached hydrogens (tertiary/aromatic N) is 3. The van der Waals surface area contributed by atoms with E-state index in [1.165, 1.54) is 16.6 Å². The molecule has 160 valence electrons. The van der Waals surface area contributed by atoms with Gasteiger partial charge < -0.3 is 10.1 Å². The number of ether oxygens (including phenoxy) is 1. The van der Waals surface area contributed by atoms with Crippen molar-refractivity contribution in [3.8, 4) is 17.5 Å². The van der Waals surface area contributed by atoms with Gasteiger partial charge in [0.05, 0.1) is 36.4 Å². The summed E-state index contributed by atoms with van der Waals surface area (Å²) in [5.41, 5.74) is 1.72. The van der Waals surface area contributed by atoms with Crippen LogP contribution in [0.3, 0.4) is 0 Å². The minimum Gasteiger partial charge on any atom is -0.497 e. The summed E-state index contributed by atoms with van der Waals surface area (Å²) in [6, 6.07) is 9.25. The molecule has 9 heteroatoms. The number of hydrogen-bond donors (Lipinski definition) is 1. The van der Waals surface area contributed by atoms with Gasteiger partial charge in [-0.15, -0.1) is 11.3 Å². The second-order valence-electron chi connectivity index (χ2n) is 7.17. The van der Waals surface area contributed by atoms with Crippen molar-refractivity contribution in [1.82, 2.24) is 14.9 Å². The Morgan fingerprint density at radius 1 is 1.32 bits per heavy atom. The molecule has 1 aliphatic carbocycles. The van der Waals surface area contributed by atoms with Crippen LogP contribution in [0.5, 0.6) is 5.75 Å². The molecule has 1 aromatic carbocycles. The van der Waals surface area contributed by atoms with Gasteiger partial charge in [0.1, 0.15) is 10.6 Å². The Kier molecular flexibility index (Phi) is 6.59. The van der Waals surface area contributed by atoms with Gasteiger partial charge in [-0.3, -0.25) is 14.2 Å². The normalized spacial score (nSPS) is 12.9. The number of carbonyl (C=O) groups is 1. The molecule has 3 aromatic rings. The largest absolute Gasteiger partial charge is 0.497 e. The molecular weight excluding hydrogens is 432 g/mol. The van der Waals surface area contributed by atoms with Gasteiger partial charge in [0.25, 0.3) is 5.56 Å². The first kappa shape index (κ1) is 21.4. The summed E-state index contributed by atoms with van der Waals surface area (Å²) in [7, 11) is 1.60. The predicted molar refractivity (Wildman–Crippen MR) is 122 cm³/mol. The van der Waals surface area contributed by atoms with Gasteiger partial charge in [0, 0.05) is 11.4 Å². The summed E-state index contributed by atoms with van der Waals surface area (Å²) in [4.78, 5) is 32.6. The van der Waals surface area contributed by atoms with Gasteiger partial charge >= 0.3 is 0 Å². The molecule has 0 fully saturated rings. The van der Waals surface area contributed by atoms with Crippen molar-refractivity contribution in [1.29, 1.82) is 5.26 Å². The zero-order valence-electron chi connectivity index (χ0n) is 17.1. The van der Waals surface area contributed by atoms with Gasteiger partial charge in [-0.2, -0.15) is 5.26 Å². The number of aromatic nitrogens is 2. The van der Waals surface area contributed by atoms with Crippen LogP contribution >= 0.6 is 23.1 Å². The molecule has 0 saturated heterocycles. The van der Waals surface area contributed by atoms with Crippen molar-refractivity contribution in [3.05, 3.63) is 45.1 Å². The Balaban J connectivity index is 1.76. The van der Waals surface area contributed by atoms with Crippen molar-refractivity contribution >= 4 is 39.2 Å². The lowest BCUT2D eigenvalue weighted by Gasteiger charge is -2.14. The van der Waals surface area contributed by atoms with Crippen molar-refractivity contribution in [2.24, 2.45) is 0 Å². The molecule has 2 aromatic heterocycles. The van der Waals surface area contributed by atoms with Crippen molar-refractivity contribution in [3.63, 3.8) is 0 Å². The molecule has 1 aliphatic rings. The monoisotopic (exact) mass is 454 g/mol. The maximum atomic E-state index is 13.6. The van der Waals surface area contributed by atoms with E-state index in [-0.39, 0.29) is 23.6 Å². The standard InChI is InChI=1S/C22H22N4O3S2/c1-29-15-9-7-14(8-10-15)26-21(28)19-16-5-2-3-6-17(16)31-20(19)25-22(26)30-13-18(27)24-12-4-11-23/h7-10H,2-6,12-13H2,1H3,(H,24,27). The second kappa shape index (κ2) is 9.54. The summed E-state index contributed by atoms with van der Waals surface area (Å²) < 4.78 is 6.83. The van der Waals surface area contributed by atoms with E-state index in [0.29, 0.717) is 28.5 Å². The zero-order valence-corrected chi connectivity index (χ0v) is 18.8. The smallest absolute Gasteiger partial charge is 0.267 e. The second-order valence-corrected chi connectivity index (χ2v) is 9.20. The topological polar surface area (TPSA) is 97.0 Å². The molecule has 2 heterocycles. The molecule has 31 heavy (non-hydrogen) atoms. The fourth-order valence-electron chi connectivity index (χ4n) is 3.68. The highest BCUT2D eigenvalue weighted by Gasteiger charge is 2.23. The first-order valence-corrected chi connectivity index (χ1v) is 11.9. The van der Waals surface area contributed by atoms with E-state index in [2.05, 4.69) is 5.32 Å². The number of aryl methyl sites for hydroxylation is 2. The molecular formula is C22H22N4O3S2. The Hall–Kier alpha value is -2.83. The van der Waals surface area contributed by atoms with Gasteiger partial charge in [-0.25, -0.2) is 4.98 Å². The molecule has 1 N–H and O–H groups in total. The molecule has 0 radical (unpaired) electrons. The van der Waals surface area contributed by atoms with Crippen LogP contribution in [0.15, 0.2) is 34.2 Å². The van der Waals surface area contributed by atoms with Crippen molar-refractivity contribution in [2.75, 3.05) is 19.4 Å². The number of hydrogen-bond acceptors (Lipinski definition) is 7. The van der Waals surface area contributed by atoms with Gasteiger partial charge in [-0.1, -0.05) is 11.8 Å². The Morgan fingerprint density at radius 3 is 2.84 bits per heavy atom. The minimum absolute atomic E-state index is 0.0954. The Bertz CT molecular complexity index is 1210. The minimum atomic E-state index is -0.193. The van der Waals surface area contributed by atoms with Gasteiger partial charge in [-0.05, 0) is 55.5 Å². The molecule has 0 bridgehead atoms. The number of fused-ring (bicyclic) bond motifs is 3. The van der Waals surface area contributed by atoms with Gasteiger partial charge in [0.15, 0.2) is 5.16 Å². The highest BCUT2D eigenvalue weighted by Crippen LogP contribution is 2.35. The average molecular weight is 455 g/mol. The SMILES string of the molecule is COc1ccc(-n2c(SCC(=O)NCCC#N)nc3sc4c(c3c2=O)CCCC4)cc1. The molecule has 0 unspecified atom stereocenters. The lowest BCUT2D eigenvalue weighted by Crippen LogP contribution is -2.27. The fraction of sp³-hybridized carbons (Fsp3) is 0.364. The highest BCUT2D eigenvalue weighted by molar-refractivity contribution is 7.99. The van der Waals surface area contributed by atoms with Crippen LogP contribution in [-0.2, 0) is 17.6 Å². The molecule has 0 atom stereocenters. The van der Waals surface area contributed by atoms with E-state index in [4.69, 9.17) is 15.0 Å². The third-order valence-corrected chi connectivity index (χ3v) is 7.30. The quantitative estimate of drug-likeness (QED) is 0.334. The Labute approximate surface area is 188 Å². The summed E-state index contributed by atoms with van der Waals surface area (Å²) in [6.07, 6.45) is 4.37. The number of nitriles is 1. The predicted octanol–water partition coefficient (Wildman–Crippen LogP) is 3.46. The molecule has 0 aliphatic heterocycles. The number of benzene rings is 1. The molecule has 7 nitrogen and oxygen atoms in total. The number of methoxy groups -OCH3 is 1. The summed E-state index contributed by atoms with van der Waals surface area (Å²) in [5, 5.41) is 12.5. The lowest BCUT2D eigenvalue weighted by molar-refractivity contribution is -0.118. The van der Waals surface area contributed by atoms with E-state index in [0.717, 1.165) is 36.1 Å². The average Bonchev–Trinajstić information content (AvgIpc) is 3.17. The first-order chi connectivity index (χ1) is 15.1. The van der Waals surface area contributed by atoms with Crippen LogP contribution in [0.25, 0.3) is 15.9 Å². The number of thiophene rings is 1. The maximum absolute atomic E-state index is 13.6. The Morgan fingerprint density at radius 2 is 2.10 bits per heavy atom. The lowest BCUT2D eigenvalue weighted by atomic mass is 9.97. The molecule has 4 rings (SSSR count). The van der Waals surface area contributed by atoms with E-state index in [1.807, 2.05) is 18.2 Å². The molecule has 1 amide bonds. The van der Waals surface area contributed by atoms with Gasteiger partial charge in [0.2, 0.25) is 5.91 Å². The van der Waals surface area contributed by atoms with E-state index >= 15 is 0 Å². The van der Waals surface area contributed by atoms with Crippen molar-refractivity contribution in [2.45, 2.75) is 37.3 Å². The van der Waals surface area contributed by atoms with E-state index < -0.39 is 0 Å². The number of amides is 1. The van der Waals surface area contributed by atoms with Crippen LogP contribution in [0.1, 0.15) is 29.7 Å². The van der Waals surface area contributed by atoms with Crippen LogP contribution in [-0.4, -0.2) is 34.9 Å². The van der Waals surface area contributed by atoms with Crippen LogP contribution in [0.2, 0.25) is 0 Å². The van der Waals surface area contributed by atoms with Crippen LogP contribution < -0.4 is 15.6 Å².